The molecule has 2 nitrogen and oxygen atoms in total. The molecule has 0 unspecified atom stereocenters. The summed E-state index contributed by atoms with van der Waals surface area (Å²) in [6.07, 6.45) is 33.7. The van der Waals surface area contributed by atoms with Gasteiger partial charge in [0.1, 0.15) is 0 Å². The number of nitrogens with one attached hydrogen (secondary N) is 1. The van der Waals surface area contributed by atoms with Crippen LogP contribution in [0.3, 0.4) is 0 Å². The quantitative estimate of drug-likeness (QED) is 0.0677. The minimum Gasteiger partial charge on any atom is -0.625 e. The fourth-order valence-electron chi connectivity index (χ4n) is 4.41. The number of unbranched alkanes of at least 4 members (excludes halogenated alkanes) is 21. The molecule has 0 spiro atoms. The Morgan fingerprint density at radius 2 is 0.633 bits per heavy atom. The molecule has 0 saturated heterocycles. The van der Waals surface area contributed by atoms with Gasteiger partial charge in [0.05, 0.1) is 0 Å². The van der Waals surface area contributed by atoms with Crippen LogP contribution in [-0.4, -0.2) is 5.71 Å². The van der Waals surface area contributed by atoms with Crippen molar-refractivity contribution in [1.29, 1.82) is 0 Å². The molecule has 0 aromatic heterocycles. The maximum absolute atomic E-state index is 11.2. The minimum absolute atomic E-state index is 0.997. The highest BCUT2D eigenvalue weighted by atomic mass is 16.4. The Morgan fingerprint density at radius 1 is 0.400 bits per heavy atom. The van der Waals surface area contributed by atoms with E-state index in [1.165, 1.54) is 148 Å². The van der Waals surface area contributed by atoms with E-state index >= 15 is 0 Å². The summed E-state index contributed by atoms with van der Waals surface area (Å²) in [6, 6.07) is 0. The van der Waals surface area contributed by atoms with Crippen LogP contribution in [0.5, 0.6) is 0 Å². The van der Waals surface area contributed by atoms with Gasteiger partial charge in [0.25, 0.3) is 0 Å². The Labute approximate surface area is 190 Å². The van der Waals surface area contributed by atoms with Gasteiger partial charge in [-0.2, -0.15) is 0 Å². The van der Waals surface area contributed by atoms with Crippen molar-refractivity contribution in [3.8, 4) is 0 Å². The van der Waals surface area contributed by atoms with Crippen LogP contribution in [0, 0.1) is 5.21 Å². The highest BCUT2D eigenvalue weighted by Gasteiger charge is 2.04. The lowest BCUT2D eigenvalue weighted by Crippen LogP contribution is -2.65. The SMILES string of the molecule is CCCCCCCCCCCCCCCCCC(CCCCCCCCCC)=[NH+][O-]. The van der Waals surface area contributed by atoms with Gasteiger partial charge in [-0.05, 0) is 12.8 Å². The van der Waals surface area contributed by atoms with Crippen molar-refractivity contribution in [1.82, 2.24) is 0 Å². The molecule has 0 aliphatic rings. The highest BCUT2D eigenvalue weighted by Crippen LogP contribution is 2.14. The molecule has 0 atom stereocenters. The van der Waals surface area contributed by atoms with Gasteiger partial charge in [0, 0.05) is 12.8 Å². The molecule has 0 aromatic carbocycles. The van der Waals surface area contributed by atoms with Crippen LogP contribution in [0.1, 0.15) is 174 Å². The van der Waals surface area contributed by atoms with Crippen LogP contribution in [0.2, 0.25) is 0 Å². The monoisotopic (exact) mass is 423 g/mol. The normalized spacial score (nSPS) is 12.0. The second-order valence-corrected chi connectivity index (χ2v) is 9.63. The maximum Gasteiger partial charge on any atom is 0.161 e. The summed E-state index contributed by atoms with van der Waals surface area (Å²) >= 11 is 0. The maximum atomic E-state index is 11.2. The van der Waals surface area contributed by atoms with Crippen LogP contribution in [0.4, 0.5) is 0 Å². The third-order valence-corrected chi connectivity index (χ3v) is 6.56. The van der Waals surface area contributed by atoms with Crippen molar-refractivity contribution >= 4 is 5.71 Å². The summed E-state index contributed by atoms with van der Waals surface area (Å²) in [6.45, 7) is 4.56. The zero-order valence-electron chi connectivity index (χ0n) is 21.1. The lowest BCUT2D eigenvalue weighted by molar-refractivity contribution is -0.376. The predicted octanol–water partition coefficient (Wildman–Crippen LogP) is 8.80. The fourth-order valence-corrected chi connectivity index (χ4v) is 4.41. The zero-order chi connectivity index (χ0) is 22.0. The summed E-state index contributed by atoms with van der Waals surface area (Å²) in [5.41, 5.74) is 1.05. The summed E-state index contributed by atoms with van der Waals surface area (Å²) in [7, 11) is 0. The first-order chi connectivity index (χ1) is 14.8. The van der Waals surface area contributed by atoms with Crippen molar-refractivity contribution < 1.29 is 5.16 Å². The Bertz CT molecular complexity index is 340. The first-order valence-corrected chi connectivity index (χ1v) is 14.1. The fraction of sp³-hybridized carbons (Fsp3) is 0.964. The Kier molecular flexibility index (Phi) is 26.0. The largest absolute Gasteiger partial charge is 0.625 e. The van der Waals surface area contributed by atoms with E-state index in [2.05, 4.69) is 19.0 Å². The van der Waals surface area contributed by atoms with Crippen molar-refractivity contribution in [2.75, 3.05) is 0 Å². The van der Waals surface area contributed by atoms with E-state index in [4.69, 9.17) is 0 Å². The molecule has 0 saturated carbocycles. The lowest BCUT2D eigenvalue weighted by atomic mass is 10.0. The predicted molar refractivity (Wildman–Crippen MR) is 136 cm³/mol. The Morgan fingerprint density at radius 3 is 0.867 bits per heavy atom. The minimum atomic E-state index is 0.997. The summed E-state index contributed by atoms with van der Waals surface area (Å²) < 4.78 is 0. The van der Waals surface area contributed by atoms with Crippen molar-refractivity contribution in [3.05, 3.63) is 5.21 Å². The highest BCUT2D eigenvalue weighted by molar-refractivity contribution is 5.78. The third-order valence-electron chi connectivity index (χ3n) is 6.56. The number of hydrogen-bond donors (Lipinski definition) is 1. The second kappa shape index (κ2) is 26.5. The van der Waals surface area contributed by atoms with Gasteiger partial charge in [-0.15, -0.1) is 0 Å². The Balaban J connectivity index is 3.26. The molecule has 0 heterocycles. The standard InChI is InChI=1S/C28H57NO/c1-3-5-7-9-11-13-14-15-16-17-18-19-21-23-25-27-28(29-30)26-24-22-20-12-10-8-6-4-2/h29H,3-27H2,1-2H3. The Hall–Kier alpha value is -0.530. The molecule has 0 aliphatic heterocycles. The molecule has 180 valence electrons. The van der Waals surface area contributed by atoms with Gasteiger partial charge in [-0.3, -0.25) is 0 Å². The van der Waals surface area contributed by atoms with Gasteiger partial charge in [-0.25, -0.2) is 5.16 Å². The molecule has 1 N–H and O–H groups in total. The van der Waals surface area contributed by atoms with Crippen LogP contribution in [0.15, 0.2) is 0 Å². The van der Waals surface area contributed by atoms with Crippen molar-refractivity contribution in [2.24, 2.45) is 0 Å². The molecule has 0 bridgehead atoms. The lowest BCUT2D eigenvalue weighted by Gasteiger charge is -2.05. The van der Waals surface area contributed by atoms with Crippen LogP contribution in [0.25, 0.3) is 0 Å². The average molecular weight is 424 g/mol. The van der Waals surface area contributed by atoms with E-state index in [-0.39, 0.29) is 0 Å². The van der Waals surface area contributed by atoms with Crippen LogP contribution >= 0.6 is 0 Å². The molecule has 2 heteroatoms. The van der Waals surface area contributed by atoms with Gasteiger partial charge < -0.3 is 5.21 Å². The molecule has 0 aliphatic carbocycles. The molecule has 30 heavy (non-hydrogen) atoms. The number of rotatable bonds is 25. The molecule has 0 fully saturated rings. The molecular weight excluding hydrogens is 366 g/mol. The van der Waals surface area contributed by atoms with E-state index in [1.54, 1.807) is 0 Å². The average Bonchev–Trinajstić information content (AvgIpc) is 2.76. The van der Waals surface area contributed by atoms with E-state index < -0.39 is 0 Å². The molecule has 0 aromatic rings. The van der Waals surface area contributed by atoms with Crippen LogP contribution < -0.4 is 5.16 Å². The van der Waals surface area contributed by atoms with E-state index in [0.29, 0.717) is 0 Å². The van der Waals surface area contributed by atoms with Gasteiger partial charge in [-0.1, -0.05) is 149 Å². The van der Waals surface area contributed by atoms with Gasteiger partial charge >= 0.3 is 0 Å². The second-order valence-electron chi connectivity index (χ2n) is 9.63. The molecule has 0 amide bonds. The topological polar surface area (TPSA) is 37.0 Å². The summed E-state index contributed by atoms with van der Waals surface area (Å²) in [5.74, 6) is 0. The van der Waals surface area contributed by atoms with E-state index in [0.717, 1.165) is 18.6 Å². The van der Waals surface area contributed by atoms with Gasteiger partial charge in [0.2, 0.25) is 0 Å². The first kappa shape index (κ1) is 29.5. The molecule has 0 radical (unpaired) electrons. The van der Waals surface area contributed by atoms with E-state index in [1.807, 2.05) is 0 Å². The van der Waals surface area contributed by atoms with Crippen molar-refractivity contribution in [2.45, 2.75) is 174 Å². The smallest absolute Gasteiger partial charge is 0.161 e. The van der Waals surface area contributed by atoms with Crippen molar-refractivity contribution in [3.63, 3.8) is 0 Å². The van der Waals surface area contributed by atoms with E-state index in [9.17, 15) is 5.21 Å². The first-order valence-electron chi connectivity index (χ1n) is 14.1. The molecule has 0 rings (SSSR count). The van der Waals surface area contributed by atoms with Gasteiger partial charge in [0.15, 0.2) is 5.71 Å². The number of hydrogen-bond acceptors (Lipinski definition) is 1. The molecular formula is C28H57NO. The zero-order valence-corrected chi connectivity index (χ0v) is 21.1. The van der Waals surface area contributed by atoms with Crippen LogP contribution in [-0.2, 0) is 0 Å². The summed E-state index contributed by atoms with van der Waals surface area (Å²) in [5, 5.41) is 13.4. The summed E-state index contributed by atoms with van der Waals surface area (Å²) in [4.78, 5) is 0. The third kappa shape index (κ3) is 23.7.